The molecule has 3 rings (SSSR count). The maximum absolute atomic E-state index is 12.3. The SMILES string of the molecule is COc1ccc(Cl)cc1NC(=O)CNc1ccccc1N1CCCC1=O. The van der Waals surface area contributed by atoms with Crippen LogP contribution in [0.1, 0.15) is 12.8 Å². The van der Waals surface area contributed by atoms with Gasteiger partial charge in [-0.3, -0.25) is 9.59 Å². The van der Waals surface area contributed by atoms with Crippen LogP contribution in [0, 0.1) is 0 Å². The zero-order valence-electron chi connectivity index (χ0n) is 14.4. The number of hydrogen-bond acceptors (Lipinski definition) is 4. The van der Waals surface area contributed by atoms with E-state index in [2.05, 4.69) is 10.6 Å². The van der Waals surface area contributed by atoms with Crippen LogP contribution in [0.2, 0.25) is 5.02 Å². The summed E-state index contributed by atoms with van der Waals surface area (Å²) in [5.74, 6) is 0.395. The average Bonchev–Trinajstić information content (AvgIpc) is 3.06. The first-order valence-electron chi connectivity index (χ1n) is 8.35. The molecule has 0 spiro atoms. The Balaban J connectivity index is 1.67. The molecular formula is C19H20ClN3O3. The molecule has 0 radical (unpaired) electrons. The number of carbonyl (C=O) groups is 2. The second-order valence-corrected chi connectivity index (χ2v) is 6.35. The Hall–Kier alpha value is -2.73. The Morgan fingerprint density at radius 3 is 2.77 bits per heavy atom. The number of amides is 2. The van der Waals surface area contributed by atoms with Gasteiger partial charge in [-0.1, -0.05) is 23.7 Å². The molecule has 1 aliphatic heterocycles. The van der Waals surface area contributed by atoms with Crippen molar-refractivity contribution in [2.75, 3.05) is 35.7 Å². The fourth-order valence-electron chi connectivity index (χ4n) is 2.91. The third-order valence-corrected chi connectivity index (χ3v) is 4.38. The Kier molecular flexibility index (Phi) is 5.63. The molecule has 0 bridgehead atoms. The summed E-state index contributed by atoms with van der Waals surface area (Å²) in [6.07, 6.45) is 1.41. The first-order valence-corrected chi connectivity index (χ1v) is 8.73. The van der Waals surface area contributed by atoms with Crippen molar-refractivity contribution in [2.24, 2.45) is 0 Å². The maximum Gasteiger partial charge on any atom is 0.243 e. The van der Waals surface area contributed by atoms with Crippen LogP contribution < -0.4 is 20.3 Å². The summed E-state index contributed by atoms with van der Waals surface area (Å²) in [4.78, 5) is 26.1. The van der Waals surface area contributed by atoms with E-state index in [-0.39, 0.29) is 18.4 Å². The molecule has 0 aromatic heterocycles. The summed E-state index contributed by atoms with van der Waals surface area (Å²) in [5.41, 5.74) is 2.05. The summed E-state index contributed by atoms with van der Waals surface area (Å²) in [6.45, 7) is 0.748. The van der Waals surface area contributed by atoms with Gasteiger partial charge < -0.3 is 20.3 Å². The molecule has 2 aromatic rings. The summed E-state index contributed by atoms with van der Waals surface area (Å²) in [5, 5.41) is 6.39. The van der Waals surface area contributed by atoms with E-state index < -0.39 is 0 Å². The van der Waals surface area contributed by atoms with Gasteiger partial charge in [0.1, 0.15) is 5.75 Å². The first-order chi connectivity index (χ1) is 12.6. The normalized spacial score (nSPS) is 13.6. The third kappa shape index (κ3) is 4.08. The highest BCUT2D eigenvalue weighted by Crippen LogP contribution is 2.30. The zero-order valence-corrected chi connectivity index (χ0v) is 15.2. The molecule has 1 saturated heterocycles. The molecule has 2 amide bonds. The van der Waals surface area contributed by atoms with Crippen molar-refractivity contribution in [3.05, 3.63) is 47.5 Å². The summed E-state index contributed by atoms with van der Waals surface area (Å²) in [6, 6.07) is 12.5. The first kappa shape index (κ1) is 18.1. The van der Waals surface area contributed by atoms with Crippen molar-refractivity contribution in [3.8, 4) is 5.75 Å². The molecule has 2 aromatic carbocycles. The number of para-hydroxylation sites is 2. The van der Waals surface area contributed by atoms with Gasteiger partial charge in [0.15, 0.2) is 0 Å². The lowest BCUT2D eigenvalue weighted by atomic mass is 10.2. The minimum absolute atomic E-state index is 0.0503. The minimum atomic E-state index is -0.242. The largest absolute Gasteiger partial charge is 0.495 e. The van der Waals surface area contributed by atoms with Crippen molar-refractivity contribution in [1.29, 1.82) is 0 Å². The molecule has 0 aliphatic carbocycles. The number of ether oxygens (including phenoxy) is 1. The van der Waals surface area contributed by atoms with Crippen LogP contribution in [-0.4, -0.2) is 32.0 Å². The molecular weight excluding hydrogens is 354 g/mol. The highest BCUT2D eigenvalue weighted by Gasteiger charge is 2.23. The molecule has 26 heavy (non-hydrogen) atoms. The molecule has 2 N–H and O–H groups in total. The molecule has 6 nitrogen and oxygen atoms in total. The van der Waals surface area contributed by atoms with Crippen LogP contribution in [0.4, 0.5) is 17.1 Å². The van der Waals surface area contributed by atoms with E-state index in [0.717, 1.165) is 17.8 Å². The van der Waals surface area contributed by atoms with E-state index in [1.807, 2.05) is 24.3 Å². The van der Waals surface area contributed by atoms with E-state index in [1.165, 1.54) is 7.11 Å². The van der Waals surface area contributed by atoms with Gasteiger partial charge in [0, 0.05) is 18.0 Å². The average molecular weight is 374 g/mol. The fourth-order valence-corrected chi connectivity index (χ4v) is 3.08. The van der Waals surface area contributed by atoms with Crippen LogP contribution >= 0.6 is 11.6 Å². The summed E-state index contributed by atoms with van der Waals surface area (Å²) >= 11 is 5.98. The third-order valence-electron chi connectivity index (χ3n) is 4.14. The molecule has 7 heteroatoms. The minimum Gasteiger partial charge on any atom is -0.495 e. The molecule has 136 valence electrons. The summed E-state index contributed by atoms with van der Waals surface area (Å²) in [7, 11) is 1.53. The smallest absolute Gasteiger partial charge is 0.243 e. The molecule has 0 unspecified atom stereocenters. The van der Waals surface area contributed by atoms with Gasteiger partial charge in [-0.05, 0) is 36.8 Å². The predicted molar refractivity (Wildman–Crippen MR) is 103 cm³/mol. The van der Waals surface area contributed by atoms with Gasteiger partial charge in [-0.15, -0.1) is 0 Å². The van der Waals surface area contributed by atoms with Gasteiger partial charge in [-0.2, -0.15) is 0 Å². The van der Waals surface area contributed by atoms with Crippen LogP contribution in [0.5, 0.6) is 5.75 Å². The van der Waals surface area contributed by atoms with Crippen molar-refractivity contribution in [1.82, 2.24) is 0 Å². The molecule has 0 saturated carbocycles. The lowest BCUT2D eigenvalue weighted by Crippen LogP contribution is -2.26. The van der Waals surface area contributed by atoms with E-state index in [4.69, 9.17) is 16.3 Å². The van der Waals surface area contributed by atoms with Crippen molar-refractivity contribution < 1.29 is 14.3 Å². The Labute approximate surface area is 157 Å². The van der Waals surface area contributed by atoms with Gasteiger partial charge in [-0.25, -0.2) is 0 Å². The second kappa shape index (κ2) is 8.10. The quantitative estimate of drug-likeness (QED) is 0.812. The number of nitrogens with one attached hydrogen (secondary N) is 2. The highest BCUT2D eigenvalue weighted by molar-refractivity contribution is 6.31. The molecule has 1 heterocycles. The highest BCUT2D eigenvalue weighted by atomic mass is 35.5. The van der Waals surface area contributed by atoms with Crippen LogP contribution in [0.25, 0.3) is 0 Å². The standard InChI is InChI=1S/C19H20ClN3O3/c1-26-17-9-8-13(20)11-15(17)22-18(24)12-21-14-5-2-3-6-16(14)23-10-4-7-19(23)25/h2-3,5-6,8-9,11,21H,4,7,10,12H2,1H3,(H,22,24). The topological polar surface area (TPSA) is 70.7 Å². The molecule has 0 atom stereocenters. The number of nitrogens with zero attached hydrogens (tertiary/aromatic N) is 1. The van der Waals surface area contributed by atoms with Crippen molar-refractivity contribution >= 4 is 40.5 Å². The number of anilines is 3. The molecule has 1 aliphatic rings. The lowest BCUT2D eigenvalue weighted by Gasteiger charge is -2.20. The van der Waals surface area contributed by atoms with E-state index >= 15 is 0 Å². The van der Waals surface area contributed by atoms with E-state index in [9.17, 15) is 9.59 Å². The number of rotatable bonds is 6. The van der Waals surface area contributed by atoms with Crippen molar-refractivity contribution in [2.45, 2.75) is 12.8 Å². The van der Waals surface area contributed by atoms with Crippen LogP contribution in [0.3, 0.4) is 0 Å². The van der Waals surface area contributed by atoms with Gasteiger partial charge in [0.25, 0.3) is 0 Å². The maximum atomic E-state index is 12.3. The zero-order chi connectivity index (χ0) is 18.5. The Morgan fingerprint density at radius 2 is 2.04 bits per heavy atom. The van der Waals surface area contributed by atoms with Crippen molar-refractivity contribution in [3.63, 3.8) is 0 Å². The predicted octanol–water partition coefficient (Wildman–Crippen LogP) is 3.53. The monoisotopic (exact) mass is 373 g/mol. The number of carbonyl (C=O) groups excluding carboxylic acids is 2. The van der Waals surface area contributed by atoms with Gasteiger partial charge in [0.2, 0.25) is 11.8 Å². The number of methoxy groups -OCH3 is 1. The number of halogens is 1. The molecule has 1 fully saturated rings. The number of benzene rings is 2. The van der Waals surface area contributed by atoms with Gasteiger partial charge >= 0.3 is 0 Å². The number of hydrogen-bond donors (Lipinski definition) is 2. The fraction of sp³-hybridized carbons (Fsp3) is 0.263. The summed E-state index contributed by atoms with van der Waals surface area (Å²) < 4.78 is 5.22. The van der Waals surface area contributed by atoms with E-state index in [0.29, 0.717) is 29.4 Å². The Bertz CT molecular complexity index is 825. The van der Waals surface area contributed by atoms with Gasteiger partial charge in [0.05, 0.1) is 30.7 Å². The second-order valence-electron chi connectivity index (χ2n) is 5.91. The Morgan fingerprint density at radius 1 is 1.23 bits per heavy atom. The van der Waals surface area contributed by atoms with Crippen LogP contribution in [0.15, 0.2) is 42.5 Å². The lowest BCUT2D eigenvalue weighted by molar-refractivity contribution is -0.117. The van der Waals surface area contributed by atoms with Crippen LogP contribution in [-0.2, 0) is 9.59 Å². The van der Waals surface area contributed by atoms with E-state index in [1.54, 1.807) is 23.1 Å².